The first kappa shape index (κ1) is 50.1. The summed E-state index contributed by atoms with van der Waals surface area (Å²) < 4.78 is 5.27. The van der Waals surface area contributed by atoms with Gasteiger partial charge in [-0.2, -0.15) is 0 Å². The lowest BCUT2D eigenvalue weighted by molar-refractivity contribution is 0.0635. The minimum Gasteiger partial charge on any atom is -0.444 e. The minimum absolute atomic E-state index is 0. The van der Waals surface area contributed by atoms with Gasteiger partial charge < -0.3 is 41.7 Å². The van der Waals surface area contributed by atoms with Crippen LogP contribution < -0.4 is 32.3 Å². The van der Waals surface area contributed by atoms with E-state index < -0.39 is 11.7 Å². The second-order valence-corrected chi connectivity index (χ2v) is 19.2. The number of hydrogen-bond donors (Lipinski definition) is 8. The van der Waals surface area contributed by atoms with Crippen molar-refractivity contribution in [3.05, 3.63) is 145 Å². The average molecular weight is 969 g/mol. The van der Waals surface area contributed by atoms with Gasteiger partial charge in [-0.15, -0.1) is 0 Å². The zero-order chi connectivity index (χ0) is 49.3. The van der Waals surface area contributed by atoms with Crippen LogP contribution in [0.5, 0.6) is 0 Å². The lowest BCUT2D eigenvalue weighted by Gasteiger charge is -2.30. The molecule has 72 heavy (non-hydrogen) atoms. The van der Waals surface area contributed by atoms with Crippen LogP contribution in [0.4, 0.5) is 28.1 Å². The van der Waals surface area contributed by atoms with Gasteiger partial charge in [0.15, 0.2) is 0 Å². The molecule has 2 fully saturated rings. The molecule has 8 aromatic rings. The largest absolute Gasteiger partial charge is 0.444 e. The van der Waals surface area contributed by atoms with Crippen LogP contribution >= 0.6 is 0 Å². The Morgan fingerprint density at radius 3 is 1.51 bits per heavy atom. The summed E-state index contributed by atoms with van der Waals surface area (Å²) >= 11 is 0. The van der Waals surface area contributed by atoms with Gasteiger partial charge in [-0.05, 0) is 145 Å². The third-order valence-corrected chi connectivity index (χ3v) is 12.7. The Morgan fingerprint density at radius 1 is 0.597 bits per heavy atom. The molecular weight excluding hydrogens is 905 g/mol. The predicted octanol–water partition coefficient (Wildman–Crippen LogP) is 11.1. The van der Waals surface area contributed by atoms with E-state index in [0.717, 1.165) is 95.7 Å². The molecule has 2 aliphatic rings. The van der Waals surface area contributed by atoms with E-state index in [1.807, 2.05) is 54.9 Å². The Kier molecular flexibility index (Phi) is 15.8. The van der Waals surface area contributed by atoms with E-state index in [1.165, 1.54) is 0 Å². The number of nitrogens with one attached hydrogen (secondary N) is 7. The third kappa shape index (κ3) is 12.9. The number of nitrogens with zero attached hydrogens (tertiary/aromatic N) is 4. The van der Waals surface area contributed by atoms with E-state index in [2.05, 4.69) is 64.7 Å². The first-order chi connectivity index (χ1) is 34.4. The number of nitrogen functional groups attached to an aromatic ring is 1. The molecule has 2 aliphatic carbocycles. The number of aromatic nitrogens is 6. The fourth-order valence-corrected chi connectivity index (χ4v) is 9.29. The van der Waals surface area contributed by atoms with Crippen molar-refractivity contribution in [3.63, 3.8) is 0 Å². The van der Waals surface area contributed by atoms with Crippen molar-refractivity contribution in [3.8, 4) is 22.5 Å². The molecule has 10 rings (SSSR count). The van der Waals surface area contributed by atoms with Crippen LogP contribution in [-0.4, -0.2) is 77.6 Å². The number of amides is 3. The summed E-state index contributed by atoms with van der Waals surface area (Å²) in [6, 6.07) is 34.5. The van der Waals surface area contributed by atoms with Crippen molar-refractivity contribution in [2.45, 2.75) is 109 Å². The van der Waals surface area contributed by atoms with Gasteiger partial charge in [-0.25, -0.2) is 24.7 Å². The van der Waals surface area contributed by atoms with Crippen molar-refractivity contribution in [1.82, 2.24) is 40.5 Å². The van der Waals surface area contributed by atoms with Crippen molar-refractivity contribution >= 4 is 63.0 Å². The molecule has 0 radical (unpaired) electrons. The van der Waals surface area contributed by atoms with Gasteiger partial charge in [0.05, 0.1) is 11.4 Å². The fourth-order valence-electron chi connectivity index (χ4n) is 9.29. The summed E-state index contributed by atoms with van der Waals surface area (Å²) in [6.07, 6.45) is 14.5. The Labute approximate surface area is 419 Å². The van der Waals surface area contributed by atoms with Gasteiger partial charge in [0.25, 0.3) is 11.8 Å². The molecular formula is C56H64N12O4. The number of hydrogen-bond acceptors (Lipinski definition) is 11. The van der Waals surface area contributed by atoms with E-state index >= 15 is 0 Å². The average Bonchev–Trinajstić information content (AvgIpc) is 4.00. The highest BCUT2D eigenvalue weighted by molar-refractivity contribution is 5.97. The number of aromatic amines is 2. The Balaban J connectivity index is 0.000000193. The number of ether oxygens (including phenoxy) is 1. The summed E-state index contributed by atoms with van der Waals surface area (Å²) in [5.74, 6) is 1.00. The van der Waals surface area contributed by atoms with Crippen LogP contribution in [0.25, 0.3) is 44.3 Å². The molecule has 3 amide bonds. The van der Waals surface area contributed by atoms with Gasteiger partial charge in [-0.3, -0.25) is 14.9 Å². The zero-order valence-electron chi connectivity index (χ0n) is 40.2. The second kappa shape index (κ2) is 22.7. The molecule has 4 aromatic carbocycles. The smallest absolute Gasteiger partial charge is 0.412 e. The molecule has 372 valence electrons. The zero-order valence-corrected chi connectivity index (χ0v) is 40.2. The Morgan fingerprint density at radius 2 is 1.04 bits per heavy atom. The lowest BCUT2D eigenvalue weighted by atomic mass is 9.91. The van der Waals surface area contributed by atoms with Gasteiger partial charge in [0.1, 0.15) is 5.60 Å². The fraction of sp³-hybridized carbons (Fsp3) is 0.304. The number of fused-ring (bicyclic) bond motifs is 2. The Hall–Kier alpha value is -8.27. The van der Waals surface area contributed by atoms with Crippen LogP contribution in [0, 0.1) is 0 Å². The van der Waals surface area contributed by atoms with Crippen molar-refractivity contribution in [2.24, 2.45) is 0 Å². The lowest BCUT2D eigenvalue weighted by Crippen LogP contribution is -2.42. The normalized spacial score (nSPS) is 17.6. The number of nitrogens with two attached hydrogens (primary N) is 1. The standard InChI is InChI=1S/C30H34N6O3.C25H26N6O.CH4/c1-30(2,3)39-29(38)35-20-13-11-19(12-14-20)27(37)33-21-7-6-8-22(17-21)34-28-31-16-15-26(36-28)24-18-32-25-10-5-4-9-23(24)25;26-17-10-8-16(9-11-17)24(32)29-18-4-3-5-19(14-18)30-25-27-13-12-23(31-25)21-15-28-22-7-2-1-6-20(21)22;/h4-5,9-16,18,21-22,32H,6-8,17H2,1-3H3,(H,33,37)(H,35,38)(H,31,34,36);1-2,6-13,15,18-19,28H,3-5,14,26H2,(H,29,32)(H,27,30,31);1H4/t21-,22+;18-,19+;/m00./s1. The first-order valence-electron chi connectivity index (χ1n) is 24.3. The topological polar surface area (TPSA) is 230 Å². The van der Waals surface area contributed by atoms with Crippen LogP contribution in [0.15, 0.2) is 134 Å². The maximum absolute atomic E-state index is 12.9. The molecule has 2 saturated carbocycles. The first-order valence-corrected chi connectivity index (χ1v) is 24.3. The Bertz CT molecular complexity index is 3110. The summed E-state index contributed by atoms with van der Waals surface area (Å²) in [4.78, 5) is 62.5. The molecule has 4 heterocycles. The summed E-state index contributed by atoms with van der Waals surface area (Å²) in [5, 5.41) is 18.2. The molecule has 0 spiro atoms. The SMILES string of the molecule is C.CC(C)(C)OC(=O)Nc1ccc(C(=O)N[C@H]2CCC[C@@H](Nc3nccc(-c4c[nH]c5ccccc45)n3)C2)cc1.Nc1ccc(C(=O)N[C@H]2CCC[C@@H](Nc3nccc(-c4c[nH]c5ccccc45)n3)C2)cc1. The maximum atomic E-state index is 12.9. The predicted molar refractivity (Wildman–Crippen MR) is 287 cm³/mol. The van der Waals surface area contributed by atoms with E-state index in [9.17, 15) is 14.4 Å². The van der Waals surface area contributed by atoms with Gasteiger partial charge >= 0.3 is 6.09 Å². The van der Waals surface area contributed by atoms with Gasteiger partial charge in [0, 0.05) is 104 Å². The van der Waals surface area contributed by atoms with Crippen molar-refractivity contribution < 1.29 is 19.1 Å². The highest BCUT2D eigenvalue weighted by Gasteiger charge is 2.26. The molecule has 16 heteroatoms. The molecule has 0 saturated heterocycles. The molecule has 16 nitrogen and oxygen atoms in total. The molecule has 0 aliphatic heterocycles. The number of H-pyrrole nitrogens is 2. The minimum atomic E-state index is -0.581. The summed E-state index contributed by atoms with van der Waals surface area (Å²) in [5.41, 5.74) is 13.5. The third-order valence-electron chi connectivity index (χ3n) is 12.7. The van der Waals surface area contributed by atoms with Crippen LogP contribution in [0.1, 0.15) is 100 Å². The van der Waals surface area contributed by atoms with Gasteiger partial charge in [0.2, 0.25) is 11.9 Å². The van der Waals surface area contributed by atoms with E-state index in [1.54, 1.807) is 81.7 Å². The highest BCUT2D eigenvalue weighted by atomic mass is 16.6. The number of carbonyl (C=O) groups excluding carboxylic acids is 3. The summed E-state index contributed by atoms with van der Waals surface area (Å²) in [7, 11) is 0. The molecule has 4 atom stereocenters. The van der Waals surface area contributed by atoms with Crippen LogP contribution in [0.2, 0.25) is 0 Å². The molecule has 9 N–H and O–H groups in total. The van der Waals surface area contributed by atoms with E-state index in [0.29, 0.717) is 34.4 Å². The van der Waals surface area contributed by atoms with Crippen LogP contribution in [0.3, 0.4) is 0 Å². The molecule has 0 bridgehead atoms. The van der Waals surface area contributed by atoms with Crippen LogP contribution in [-0.2, 0) is 4.74 Å². The van der Waals surface area contributed by atoms with E-state index in [4.69, 9.17) is 20.4 Å². The number of carbonyl (C=O) groups is 3. The van der Waals surface area contributed by atoms with Gasteiger partial charge in [-0.1, -0.05) is 43.8 Å². The van der Waals surface area contributed by atoms with Crippen molar-refractivity contribution in [2.75, 3.05) is 21.7 Å². The van der Waals surface area contributed by atoms with Crippen molar-refractivity contribution in [1.29, 1.82) is 0 Å². The monoisotopic (exact) mass is 969 g/mol. The molecule has 4 aromatic heterocycles. The quantitative estimate of drug-likeness (QED) is 0.0568. The number of rotatable bonds is 11. The number of para-hydroxylation sites is 2. The second-order valence-electron chi connectivity index (χ2n) is 19.2. The number of benzene rings is 4. The van der Waals surface area contributed by atoms with E-state index in [-0.39, 0.29) is 43.4 Å². The maximum Gasteiger partial charge on any atom is 0.412 e. The summed E-state index contributed by atoms with van der Waals surface area (Å²) in [6.45, 7) is 5.42. The number of anilines is 4. The molecule has 0 unspecified atom stereocenters. The highest BCUT2D eigenvalue weighted by Crippen LogP contribution is 2.30.